The highest BCUT2D eigenvalue weighted by Crippen LogP contribution is 2.25. The van der Waals surface area contributed by atoms with Crippen LogP contribution in [0.4, 0.5) is 0 Å². The van der Waals surface area contributed by atoms with E-state index in [1.54, 1.807) is 12.1 Å². The maximum Gasteiger partial charge on any atom is 0.439 e. The first-order valence-electron chi connectivity index (χ1n) is 15.4. The van der Waals surface area contributed by atoms with E-state index in [9.17, 15) is 14.7 Å². The molecule has 1 heterocycles. The molecule has 0 spiro atoms. The molecule has 5 rings (SSSR count). The van der Waals surface area contributed by atoms with Crippen molar-refractivity contribution in [2.75, 3.05) is 6.61 Å². The van der Waals surface area contributed by atoms with Crippen molar-refractivity contribution in [2.45, 2.75) is 44.9 Å². The van der Waals surface area contributed by atoms with Crippen LogP contribution >= 0.6 is 0 Å². The molecule has 0 aliphatic carbocycles. The van der Waals surface area contributed by atoms with Crippen LogP contribution in [-0.2, 0) is 19.3 Å². The van der Waals surface area contributed by atoms with Crippen molar-refractivity contribution in [2.24, 2.45) is 5.92 Å². The Hall–Kier alpha value is -5.17. The molecule has 0 bridgehead atoms. The van der Waals surface area contributed by atoms with Gasteiger partial charge < -0.3 is 9.84 Å². The average molecular weight is 603 g/mol. The van der Waals surface area contributed by atoms with Crippen LogP contribution in [0.2, 0.25) is 0 Å². The van der Waals surface area contributed by atoms with Gasteiger partial charge in [0.25, 0.3) is 0 Å². The van der Waals surface area contributed by atoms with Gasteiger partial charge in [0.05, 0.1) is 12.2 Å². The molecule has 0 aliphatic rings. The predicted molar refractivity (Wildman–Crippen MR) is 176 cm³/mol. The Balaban J connectivity index is 1.22. The summed E-state index contributed by atoms with van der Waals surface area (Å²) in [4.78, 5) is 25.2. The summed E-state index contributed by atoms with van der Waals surface area (Å²) in [5.41, 5.74) is 5.74. The lowest BCUT2D eigenvalue weighted by Crippen LogP contribution is -2.05. The van der Waals surface area contributed by atoms with Gasteiger partial charge in [-0.3, -0.25) is 9.51 Å². The number of para-hydroxylation sites is 1. The van der Waals surface area contributed by atoms with Crippen molar-refractivity contribution in [3.63, 3.8) is 0 Å². The fourth-order valence-corrected chi connectivity index (χ4v) is 5.31. The summed E-state index contributed by atoms with van der Waals surface area (Å²) in [7, 11) is 0. The molecule has 1 aromatic heterocycles. The number of carbonyl (C=O) groups is 1. The minimum atomic E-state index is -0.923. The fourth-order valence-electron chi connectivity index (χ4n) is 5.31. The molecule has 45 heavy (non-hydrogen) atoms. The van der Waals surface area contributed by atoms with Crippen LogP contribution in [0.15, 0.2) is 119 Å². The van der Waals surface area contributed by atoms with Crippen molar-refractivity contribution >= 4 is 12.0 Å². The third kappa shape index (κ3) is 9.66. The van der Waals surface area contributed by atoms with Gasteiger partial charge in [-0.15, -0.1) is 0 Å². The molecule has 0 saturated heterocycles. The van der Waals surface area contributed by atoms with Crippen LogP contribution in [0.5, 0.6) is 5.75 Å². The number of ether oxygens (including phenoxy) is 1. The van der Waals surface area contributed by atoms with Crippen LogP contribution in [0.25, 0.3) is 17.5 Å². The summed E-state index contributed by atoms with van der Waals surface area (Å²) < 4.78 is 10.9. The molecule has 230 valence electrons. The summed E-state index contributed by atoms with van der Waals surface area (Å²) >= 11 is 0. The van der Waals surface area contributed by atoms with E-state index in [2.05, 4.69) is 63.2 Å². The number of unbranched alkanes of at least 4 members (excludes halogenated alkanes) is 2. The van der Waals surface area contributed by atoms with Crippen molar-refractivity contribution in [1.29, 1.82) is 0 Å². The maximum atomic E-state index is 11.3. The quantitative estimate of drug-likeness (QED) is 0.111. The van der Waals surface area contributed by atoms with Crippen LogP contribution in [0.1, 0.15) is 58.3 Å². The molecule has 7 nitrogen and oxygen atoms in total. The normalized spacial score (nSPS) is 11.9. The zero-order valence-electron chi connectivity index (χ0n) is 25.2. The Labute approximate surface area is 263 Å². The molecule has 0 amide bonds. The number of aromatic amines is 1. The number of aryl methyl sites for hydroxylation is 2. The Bertz CT molecular complexity index is 1720. The van der Waals surface area contributed by atoms with Crippen LogP contribution in [0, 0.1) is 5.92 Å². The number of carboxylic acids is 1. The monoisotopic (exact) mass is 602 g/mol. The van der Waals surface area contributed by atoms with E-state index in [1.807, 2.05) is 54.6 Å². The van der Waals surface area contributed by atoms with Gasteiger partial charge in [0.15, 0.2) is 5.82 Å². The second kappa shape index (κ2) is 16.1. The minimum absolute atomic E-state index is 0.216. The van der Waals surface area contributed by atoms with Crippen LogP contribution in [0.3, 0.4) is 0 Å². The van der Waals surface area contributed by atoms with Gasteiger partial charge >= 0.3 is 11.7 Å². The first kappa shape index (κ1) is 31.3. The van der Waals surface area contributed by atoms with Gasteiger partial charge in [-0.1, -0.05) is 102 Å². The molecule has 0 aliphatic heterocycles. The Morgan fingerprint density at radius 1 is 0.822 bits per heavy atom. The van der Waals surface area contributed by atoms with Gasteiger partial charge in [-0.2, -0.15) is 0 Å². The molecule has 7 heteroatoms. The largest absolute Gasteiger partial charge is 0.493 e. The van der Waals surface area contributed by atoms with E-state index in [-0.39, 0.29) is 11.5 Å². The van der Waals surface area contributed by atoms with Gasteiger partial charge in [0.2, 0.25) is 0 Å². The predicted octanol–water partition coefficient (Wildman–Crippen LogP) is 8.02. The molecule has 0 saturated carbocycles. The lowest BCUT2D eigenvalue weighted by Gasteiger charge is -2.15. The van der Waals surface area contributed by atoms with E-state index in [0.29, 0.717) is 12.4 Å². The third-order valence-electron chi connectivity index (χ3n) is 7.85. The third-order valence-corrected chi connectivity index (χ3v) is 7.85. The number of hydrogen-bond acceptors (Lipinski definition) is 5. The van der Waals surface area contributed by atoms with Gasteiger partial charge in [0.1, 0.15) is 5.75 Å². The molecule has 1 atom stereocenters. The summed E-state index contributed by atoms with van der Waals surface area (Å²) in [6.45, 7) is 0.679. The molecular weight excluding hydrogens is 564 g/mol. The second-order valence-corrected chi connectivity index (χ2v) is 11.2. The van der Waals surface area contributed by atoms with Gasteiger partial charge in [-0.05, 0) is 85.8 Å². The van der Waals surface area contributed by atoms with Crippen molar-refractivity contribution in [3.05, 3.63) is 148 Å². The van der Waals surface area contributed by atoms with E-state index < -0.39 is 11.7 Å². The number of benzene rings is 4. The SMILES string of the molecule is O=C(O)c1ccc(CCC(/C=C/c2ccccc2OCCCCCc2ccccc2)Cc2ccc(-c3noc(=O)[nH]3)cc2)cc1. The van der Waals surface area contributed by atoms with Gasteiger partial charge in [0, 0.05) is 11.1 Å². The van der Waals surface area contributed by atoms with Crippen molar-refractivity contribution < 1.29 is 19.2 Å². The lowest BCUT2D eigenvalue weighted by atomic mass is 9.91. The number of aromatic nitrogens is 2. The number of carboxylic acid groups (broad SMARTS) is 1. The highest BCUT2D eigenvalue weighted by molar-refractivity contribution is 5.87. The molecule has 0 radical (unpaired) electrons. The molecule has 1 unspecified atom stereocenters. The molecule has 5 aromatic rings. The maximum absolute atomic E-state index is 11.3. The smallest absolute Gasteiger partial charge is 0.439 e. The van der Waals surface area contributed by atoms with E-state index in [0.717, 1.165) is 72.9 Å². The number of hydrogen-bond donors (Lipinski definition) is 2. The van der Waals surface area contributed by atoms with Crippen LogP contribution in [-0.4, -0.2) is 27.8 Å². The molecule has 4 aromatic carbocycles. The fraction of sp³-hybridized carbons (Fsp3) is 0.237. The average Bonchev–Trinajstić information content (AvgIpc) is 3.51. The van der Waals surface area contributed by atoms with E-state index in [1.165, 1.54) is 5.56 Å². The first-order chi connectivity index (χ1) is 22.0. The molecule has 2 N–H and O–H groups in total. The van der Waals surface area contributed by atoms with E-state index >= 15 is 0 Å². The number of rotatable bonds is 16. The van der Waals surface area contributed by atoms with Crippen molar-refractivity contribution in [3.8, 4) is 17.1 Å². The summed E-state index contributed by atoms with van der Waals surface area (Å²) in [5, 5.41) is 13.0. The zero-order valence-corrected chi connectivity index (χ0v) is 25.2. The summed E-state index contributed by atoms with van der Waals surface area (Å²) in [6, 6.07) is 33.8. The zero-order chi connectivity index (χ0) is 31.3. The first-order valence-corrected chi connectivity index (χ1v) is 15.4. The van der Waals surface area contributed by atoms with Gasteiger partial charge in [-0.25, -0.2) is 9.59 Å². The highest BCUT2D eigenvalue weighted by Gasteiger charge is 2.11. The molecule has 0 fully saturated rings. The van der Waals surface area contributed by atoms with Crippen LogP contribution < -0.4 is 10.5 Å². The minimum Gasteiger partial charge on any atom is -0.493 e. The highest BCUT2D eigenvalue weighted by atomic mass is 16.5. The van der Waals surface area contributed by atoms with Crippen molar-refractivity contribution in [1.82, 2.24) is 10.1 Å². The Kier molecular flexibility index (Phi) is 11.2. The number of H-pyrrole nitrogens is 1. The second-order valence-electron chi connectivity index (χ2n) is 11.2. The summed E-state index contributed by atoms with van der Waals surface area (Å²) in [5.74, 6) is -0.00385. The standard InChI is InChI=1S/C38H38N2O5/c41-37(42)34-24-16-29(17-25-34)14-15-30(27-31-19-22-33(23-20-31)36-39-38(43)45-40-36)18-21-32-12-6-7-13-35(32)44-26-8-2-5-11-28-9-3-1-4-10-28/h1,3-4,6-7,9-10,12-13,16-25,30H,2,5,8,11,14-15,26-27H2,(H,41,42)(H,39,40,43)/b21-18+. The number of aromatic carboxylic acids is 1. The van der Waals surface area contributed by atoms with E-state index in [4.69, 9.17) is 4.74 Å². The number of nitrogens with zero attached hydrogens (tertiary/aromatic N) is 1. The number of nitrogens with one attached hydrogen (secondary N) is 1. The molecular formula is C38H38N2O5. The Morgan fingerprint density at radius 2 is 1.53 bits per heavy atom. The summed E-state index contributed by atoms with van der Waals surface area (Å²) in [6.07, 6.45) is 11.3. The Morgan fingerprint density at radius 3 is 2.27 bits per heavy atom. The lowest BCUT2D eigenvalue weighted by molar-refractivity contribution is 0.0697. The number of allylic oxidation sites excluding steroid dienone is 1. The topological polar surface area (TPSA) is 105 Å².